The van der Waals surface area contributed by atoms with Crippen molar-refractivity contribution in [3.8, 4) is 0 Å². The van der Waals surface area contributed by atoms with E-state index in [1.165, 1.54) is 7.11 Å². The van der Waals surface area contributed by atoms with E-state index in [0.29, 0.717) is 5.56 Å². The van der Waals surface area contributed by atoms with Crippen LogP contribution in [0.1, 0.15) is 30.1 Å². The lowest BCUT2D eigenvalue weighted by Gasteiger charge is -2.66. The summed E-state index contributed by atoms with van der Waals surface area (Å²) >= 11 is 0. The summed E-state index contributed by atoms with van der Waals surface area (Å²) in [6, 6.07) is 8.39. The lowest BCUT2D eigenvalue weighted by Crippen LogP contribution is -2.80. The summed E-state index contributed by atoms with van der Waals surface area (Å²) < 4.78 is 29.5. The van der Waals surface area contributed by atoms with Crippen molar-refractivity contribution in [2.45, 2.75) is 68.0 Å². The molecule has 4 bridgehead atoms. The fraction of sp³-hybridized carbons (Fsp3) is 0.667. The van der Waals surface area contributed by atoms with Crippen LogP contribution in [-0.4, -0.2) is 101 Å². The number of aliphatic hydroxyl groups is 4. The highest BCUT2D eigenvalue weighted by molar-refractivity contribution is 5.90. The number of benzene rings is 1. The number of ether oxygens (including phenoxy) is 5. The SMILES string of the molecule is COC1OC2(C)CC(=O)C3CC2(O[C@@H]2O[C@H](CO)[C@@H](O)[C@H](O)[C@H]2O)C13COC(=O)c1ccccc1. The molecule has 2 saturated heterocycles. The molecule has 0 radical (unpaired) electrons. The average molecular weight is 494 g/mol. The molecule has 2 heterocycles. The topological polar surface area (TPSA) is 161 Å². The number of esters is 1. The predicted octanol–water partition coefficient (Wildman–Crippen LogP) is -0.861. The number of hydrogen-bond donors (Lipinski definition) is 4. The van der Waals surface area contributed by atoms with Crippen LogP contribution in [0.2, 0.25) is 0 Å². The van der Waals surface area contributed by atoms with Crippen molar-refractivity contribution in [3.05, 3.63) is 35.9 Å². The molecule has 192 valence electrons. The van der Waals surface area contributed by atoms with Crippen LogP contribution >= 0.6 is 0 Å². The third kappa shape index (κ3) is 3.27. The molecule has 5 unspecified atom stereocenters. The predicted molar refractivity (Wildman–Crippen MR) is 115 cm³/mol. The van der Waals surface area contributed by atoms with Gasteiger partial charge in [0, 0.05) is 19.4 Å². The minimum absolute atomic E-state index is 0.00330. The van der Waals surface area contributed by atoms with E-state index >= 15 is 0 Å². The summed E-state index contributed by atoms with van der Waals surface area (Å²) in [4.78, 5) is 25.8. The second kappa shape index (κ2) is 8.56. The Hall–Kier alpha value is -1.96. The Balaban J connectivity index is 1.49. The van der Waals surface area contributed by atoms with Gasteiger partial charge in [-0.2, -0.15) is 0 Å². The van der Waals surface area contributed by atoms with Crippen LogP contribution in [-0.2, 0) is 28.5 Å². The molecule has 1 aromatic rings. The van der Waals surface area contributed by atoms with Crippen LogP contribution < -0.4 is 0 Å². The first-order valence-corrected chi connectivity index (χ1v) is 11.6. The van der Waals surface area contributed by atoms with Gasteiger partial charge >= 0.3 is 5.97 Å². The van der Waals surface area contributed by atoms with Gasteiger partial charge in [0.25, 0.3) is 0 Å². The summed E-state index contributed by atoms with van der Waals surface area (Å²) in [5.41, 5.74) is -3.41. The lowest BCUT2D eigenvalue weighted by atomic mass is 9.41. The van der Waals surface area contributed by atoms with Crippen molar-refractivity contribution >= 4 is 11.8 Å². The Labute approximate surface area is 201 Å². The first-order valence-electron chi connectivity index (χ1n) is 11.6. The first kappa shape index (κ1) is 24.7. The van der Waals surface area contributed by atoms with Crippen LogP contribution in [0.15, 0.2) is 30.3 Å². The van der Waals surface area contributed by atoms with Crippen LogP contribution in [0.3, 0.4) is 0 Å². The third-order valence-electron chi connectivity index (χ3n) is 8.24. The molecular weight excluding hydrogens is 464 g/mol. The van der Waals surface area contributed by atoms with Gasteiger partial charge in [-0.25, -0.2) is 4.79 Å². The molecule has 2 aliphatic heterocycles. The van der Waals surface area contributed by atoms with Gasteiger partial charge < -0.3 is 44.1 Å². The van der Waals surface area contributed by atoms with E-state index in [4.69, 9.17) is 23.7 Å². The van der Waals surface area contributed by atoms with Gasteiger partial charge in [-0.1, -0.05) is 18.2 Å². The van der Waals surface area contributed by atoms with Gasteiger partial charge in [0.2, 0.25) is 0 Å². The van der Waals surface area contributed by atoms with Gasteiger partial charge in [-0.15, -0.1) is 0 Å². The van der Waals surface area contributed by atoms with Crippen LogP contribution in [0.25, 0.3) is 0 Å². The molecule has 11 nitrogen and oxygen atoms in total. The van der Waals surface area contributed by atoms with Crippen molar-refractivity contribution < 1.29 is 53.7 Å². The molecule has 5 fully saturated rings. The molecule has 11 heteroatoms. The lowest BCUT2D eigenvalue weighted by molar-refractivity contribution is -0.381. The minimum Gasteiger partial charge on any atom is -0.461 e. The van der Waals surface area contributed by atoms with E-state index in [2.05, 4.69) is 0 Å². The molecule has 1 aromatic carbocycles. The Morgan fingerprint density at radius 3 is 2.51 bits per heavy atom. The largest absolute Gasteiger partial charge is 0.461 e. The molecule has 0 spiro atoms. The Morgan fingerprint density at radius 2 is 1.86 bits per heavy atom. The van der Waals surface area contributed by atoms with Gasteiger partial charge in [0.1, 0.15) is 48.0 Å². The Morgan fingerprint density at radius 1 is 1.14 bits per heavy atom. The zero-order valence-corrected chi connectivity index (χ0v) is 19.4. The van der Waals surface area contributed by atoms with Crippen molar-refractivity contribution in [1.29, 1.82) is 0 Å². The minimum atomic E-state index is -1.65. The fourth-order valence-corrected chi connectivity index (χ4v) is 6.38. The summed E-state index contributed by atoms with van der Waals surface area (Å²) in [6.45, 7) is 0.812. The molecular formula is C24H30O11. The van der Waals surface area contributed by atoms with Crippen molar-refractivity contribution in [2.24, 2.45) is 11.3 Å². The summed E-state index contributed by atoms with van der Waals surface area (Å²) in [6.07, 6.45) is -8.23. The third-order valence-corrected chi connectivity index (χ3v) is 8.24. The van der Waals surface area contributed by atoms with Gasteiger partial charge in [0.05, 0.1) is 17.6 Å². The van der Waals surface area contributed by atoms with E-state index in [1.807, 2.05) is 0 Å². The quantitative estimate of drug-likeness (QED) is 0.349. The van der Waals surface area contributed by atoms with Crippen LogP contribution in [0.5, 0.6) is 0 Å². The van der Waals surface area contributed by atoms with Gasteiger partial charge in [-0.05, 0) is 25.5 Å². The molecule has 3 saturated carbocycles. The second-order valence-electron chi connectivity index (χ2n) is 9.94. The number of hydrogen-bond acceptors (Lipinski definition) is 11. The Kier molecular flexibility index (Phi) is 6.05. The number of carbonyl (C=O) groups is 2. The maximum absolute atomic E-state index is 13.1. The van der Waals surface area contributed by atoms with Crippen LogP contribution in [0.4, 0.5) is 0 Å². The smallest absolute Gasteiger partial charge is 0.338 e. The van der Waals surface area contributed by atoms with E-state index in [1.54, 1.807) is 37.3 Å². The summed E-state index contributed by atoms with van der Waals surface area (Å²) in [5, 5.41) is 40.6. The number of aliphatic hydroxyl groups excluding tert-OH is 4. The molecule has 0 amide bonds. The molecule has 6 rings (SSSR count). The number of ketones is 1. The maximum Gasteiger partial charge on any atom is 0.338 e. The van der Waals surface area contributed by atoms with Gasteiger partial charge in [-0.3, -0.25) is 4.79 Å². The second-order valence-corrected chi connectivity index (χ2v) is 9.94. The number of rotatable bonds is 7. The van der Waals surface area contributed by atoms with Crippen molar-refractivity contribution in [3.63, 3.8) is 0 Å². The number of fused-ring (bicyclic) bond motifs is 1. The monoisotopic (exact) mass is 494 g/mol. The summed E-state index contributed by atoms with van der Waals surface area (Å²) in [5.74, 6) is -1.28. The molecule has 3 aliphatic carbocycles. The van der Waals surface area contributed by atoms with Crippen LogP contribution in [0, 0.1) is 11.3 Å². The average Bonchev–Trinajstić information content (AvgIpc) is 2.93. The normalized spacial score (nSPS) is 46.2. The van der Waals surface area contributed by atoms with E-state index in [-0.39, 0.29) is 25.2 Å². The number of methoxy groups -OCH3 is 1. The van der Waals surface area contributed by atoms with E-state index in [9.17, 15) is 30.0 Å². The highest BCUT2D eigenvalue weighted by atomic mass is 16.8. The first-order chi connectivity index (χ1) is 16.6. The standard InChI is InChI=1S/C24H30O11/c1-22-9-14(26)13-8-24(22,34-20-18(29)17(28)16(27)15(10-25)33-20)23(13,21(31-2)35-22)11-32-19(30)12-6-4-3-5-7-12/h3-7,13,15-18,20-21,25,27-29H,8-11H2,1-2H3/t13?,15-,16-,17+,18-,20+,21?,22?,23?,24?/m1/s1. The van der Waals surface area contributed by atoms with Crippen molar-refractivity contribution in [2.75, 3.05) is 20.3 Å². The maximum atomic E-state index is 13.1. The molecule has 5 aliphatic rings. The number of carbonyl (C=O) groups excluding carboxylic acids is 2. The zero-order chi connectivity index (χ0) is 25.2. The summed E-state index contributed by atoms with van der Waals surface area (Å²) in [7, 11) is 1.42. The molecule has 10 atom stereocenters. The molecule has 4 N–H and O–H groups in total. The van der Waals surface area contributed by atoms with Crippen molar-refractivity contribution in [1.82, 2.24) is 0 Å². The van der Waals surface area contributed by atoms with Gasteiger partial charge in [0.15, 0.2) is 12.6 Å². The fourth-order valence-electron chi connectivity index (χ4n) is 6.38. The molecule has 0 aromatic heterocycles. The molecule has 35 heavy (non-hydrogen) atoms. The highest BCUT2D eigenvalue weighted by Crippen LogP contribution is 2.74. The zero-order valence-electron chi connectivity index (χ0n) is 19.4. The van der Waals surface area contributed by atoms with E-state index in [0.717, 1.165) is 0 Å². The number of Topliss-reactive ketones (excluding diaryl/α,β-unsaturated/α-hetero) is 1. The van der Waals surface area contributed by atoms with E-state index < -0.39 is 72.1 Å². The highest BCUT2D eigenvalue weighted by Gasteiger charge is 2.87. The Bertz CT molecular complexity index is 985.